The van der Waals surface area contributed by atoms with Gasteiger partial charge in [0.15, 0.2) is 0 Å². The Morgan fingerprint density at radius 1 is 1.11 bits per heavy atom. The molecule has 1 unspecified atom stereocenters. The van der Waals surface area contributed by atoms with Gasteiger partial charge in [-0.1, -0.05) is 46.3 Å². The number of halogens is 1. The number of carbonyl (C=O) groups excluding carboxylic acids is 1. The van der Waals surface area contributed by atoms with Crippen molar-refractivity contribution in [2.45, 2.75) is 37.1 Å². The number of hydrogen-bond donors (Lipinski definition) is 1. The number of benzene rings is 2. The van der Waals surface area contributed by atoms with Crippen molar-refractivity contribution in [1.82, 2.24) is 9.62 Å². The highest BCUT2D eigenvalue weighted by Crippen LogP contribution is 2.22. The minimum atomic E-state index is -3.73. The molecule has 0 bridgehead atoms. The fourth-order valence-electron chi connectivity index (χ4n) is 3.54. The zero-order valence-electron chi connectivity index (χ0n) is 15.8. The predicted octanol–water partition coefficient (Wildman–Crippen LogP) is 3.60. The standard InChI is InChI=1S/C21H25BrN2O3S/c1-16(23-28(26,27)20-9-7-19(22)8-10-20)21(25)24-13-11-18(12-14-24)15-17-5-3-2-4-6-17/h2-10,16,18,23H,11-15H2,1H3. The van der Waals surface area contributed by atoms with Crippen molar-refractivity contribution in [3.63, 3.8) is 0 Å². The topological polar surface area (TPSA) is 66.5 Å². The summed E-state index contributed by atoms with van der Waals surface area (Å²) in [7, 11) is -3.73. The van der Waals surface area contributed by atoms with E-state index in [1.807, 2.05) is 18.2 Å². The van der Waals surface area contributed by atoms with Gasteiger partial charge in [-0.2, -0.15) is 4.72 Å². The van der Waals surface area contributed by atoms with E-state index in [9.17, 15) is 13.2 Å². The summed E-state index contributed by atoms with van der Waals surface area (Å²) in [6.45, 7) is 2.94. The normalized spacial score (nSPS) is 16.7. The number of nitrogens with one attached hydrogen (secondary N) is 1. The van der Waals surface area contributed by atoms with Crippen LogP contribution in [0.1, 0.15) is 25.3 Å². The fourth-order valence-corrected chi connectivity index (χ4v) is 5.00. The van der Waals surface area contributed by atoms with Crippen molar-refractivity contribution in [1.29, 1.82) is 0 Å². The Morgan fingerprint density at radius 3 is 2.32 bits per heavy atom. The summed E-state index contributed by atoms with van der Waals surface area (Å²) in [5.74, 6) is 0.389. The van der Waals surface area contributed by atoms with Gasteiger partial charge in [-0.25, -0.2) is 8.42 Å². The minimum Gasteiger partial charge on any atom is -0.341 e. The molecule has 0 saturated carbocycles. The van der Waals surface area contributed by atoms with Gasteiger partial charge >= 0.3 is 0 Å². The third kappa shape index (κ3) is 5.43. The number of sulfonamides is 1. The average Bonchev–Trinajstić information content (AvgIpc) is 2.69. The van der Waals surface area contributed by atoms with Crippen LogP contribution in [0.4, 0.5) is 0 Å². The zero-order valence-corrected chi connectivity index (χ0v) is 18.2. The van der Waals surface area contributed by atoms with Gasteiger partial charge in [0, 0.05) is 17.6 Å². The van der Waals surface area contributed by atoms with E-state index < -0.39 is 16.1 Å². The Kier molecular flexibility index (Phi) is 6.91. The summed E-state index contributed by atoms with van der Waals surface area (Å²) in [6, 6.07) is 15.9. The molecule has 1 aliphatic rings. The van der Waals surface area contributed by atoms with Crippen LogP contribution in [0, 0.1) is 5.92 Å². The average molecular weight is 465 g/mol. The molecule has 1 heterocycles. The lowest BCUT2D eigenvalue weighted by Gasteiger charge is -2.33. The van der Waals surface area contributed by atoms with Crippen LogP contribution in [-0.4, -0.2) is 38.4 Å². The predicted molar refractivity (Wildman–Crippen MR) is 113 cm³/mol. The maximum absolute atomic E-state index is 12.7. The van der Waals surface area contributed by atoms with Gasteiger partial charge in [0.25, 0.3) is 0 Å². The second-order valence-electron chi connectivity index (χ2n) is 7.26. The lowest BCUT2D eigenvalue weighted by molar-refractivity contribution is -0.133. The first-order chi connectivity index (χ1) is 13.3. The van der Waals surface area contributed by atoms with E-state index in [-0.39, 0.29) is 10.8 Å². The van der Waals surface area contributed by atoms with E-state index in [0.717, 1.165) is 23.7 Å². The molecule has 1 saturated heterocycles. The second kappa shape index (κ2) is 9.20. The van der Waals surface area contributed by atoms with Crippen LogP contribution in [0.25, 0.3) is 0 Å². The van der Waals surface area contributed by atoms with Crippen molar-refractivity contribution in [2.75, 3.05) is 13.1 Å². The molecule has 1 amide bonds. The van der Waals surface area contributed by atoms with Crippen LogP contribution >= 0.6 is 15.9 Å². The Morgan fingerprint density at radius 2 is 1.71 bits per heavy atom. The molecule has 7 heteroatoms. The van der Waals surface area contributed by atoms with E-state index in [4.69, 9.17) is 0 Å². The molecule has 2 aromatic rings. The number of carbonyl (C=O) groups is 1. The highest BCUT2D eigenvalue weighted by Gasteiger charge is 2.29. The van der Waals surface area contributed by atoms with Gasteiger partial charge in [0.1, 0.15) is 0 Å². The lowest BCUT2D eigenvalue weighted by Crippen LogP contribution is -2.49. The molecule has 1 aliphatic heterocycles. The highest BCUT2D eigenvalue weighted by atomic mass is 79.9. The number of likely N-dealkylation sites (tertiary alicyclic amines) is 1. The third-order valence-corrected chi connectivity index (χ3v) is 7.20. The summed E-state index contributed by atoms with van der Waals surface area (Å²) >= 11 is 3.29. The van der Waals surface area contributed by atoms with Gasteiger partial charge in [0.05, 0.1) is 10.9 Å². The summed E-state index contributed by atoms with van der Waals surface area (Å²) in [5, 5.41) is 0. The van der Waals surface area contributed by atoms with E-state index in [0.29, 0.717) is 19.0 Å². The maximum Gasteiger partial charge on any atom is 0.241 e. The number of hydrogen-bond acceptors (Lipinski definition) is 3. The molecular formula is C21H25BrN2O3S. The van der Waals surface area contributed by atoms with E-state index in [1.54, 1.807) is 24.0 Å². The largest absolute Gasteiger partial charge is 0.341 e. The molecule has 1 fully saturated rings. The second-order valence-corrected chi connectivity index (χ2v) is 9.88. The molecule has 5 nitrogen and oxygen atoms in total. The molecule has 0 aromatic heterocycles. The van der Waals surface area contributed by atoms with Crippen LogP contribution in [0.2, 0.25) is 0 Å². The Labute approximate surface area is 175 Å². The Balaban J connectivity index is 1.53. The summed E-state index contributed by atoms with van der Waals surface area (Å²) < 4.78 is 28.3. The van der Waals surface area contributed by atoms with Crippen LogP contribution in [-0.2, 0) is 21.2 Å². The van der Waals surface area contributed by atoms with Crippen molar-refractivity contribution in [3.8, 4) is 0 Å². The van der Waals surface area contributed by atoms with Gasteiger partial charge < -0.3 is 4.90 Å². The first kappa shape index (κ1) is 21.0. The number of amides is 1. The van der Waals surface area contributed by atoms with E-state index in [2.05, 4.69) is 32.8 Å². The van der Waals surface area contributed by atoms with Crippen molar-refractivity contribution >= 4 is 31.9 Å². The number of rotatable bonds is 6. The van der Waals surface area contributed by atoms with Gasteiger partial charge in [-0.15, -0.1) is 0 Å². The Bertz CT molecular complexity index is 893. The molecule has 0 aliphatic carbocycles. The molecule has 0 spiro atoms. The first-order valence-electron chi connectivity index (χ1n) is 9.46. The molecule has 2 aromatic carbocycles. The molecule has 0 radical (unpaired) electrons. The minimum absolute atomic E-state index is 0.150. The van der Waals surface area contributed by atoms with E-state index >= 15 is 0 Å². The smallest absolute Gasteiger partial charge is 0.241 e. The van der Waals surface area contributed by atoms with Crippen LogP contribution in [0.5, 0.6) is 0 Å². The highest BCUT2D eigenvalue weighted by molar-refractivity contribution is 9.10. The van der Waals surface area contributed by atoms with Gasteiger partial charge in [-0.3, -0.25) is 4.79 Å². The van der Waals surface area contributed by atoms with Crippen LogP contribution in [0.15, 0.2) is 64.0 Å². The number of piperidine rings is 1. The van der Waals surface area contributed by atoms with Crippen LogP contribution in [0.3, 0.4) is 0 Å². The van der Waals surface area contributed by atoms with E-state index in [1.165, 1.54) is 17.7 Å². The van der Waals surface area contributed by atoms with Crippen LogP contribution < -0.4 is 4.72 Å². The van der Waals surface area contributed by atoms with Crippen molar-refractivity contribution in [3.05, 3.63) is 64.6 Å². The molecule has 3 rings (SSSR count). The fraction of sp³-hybridized carbons (Fsp3) is 0.381. The molecule has 28 heavy (non-hydrogen) atoms. The quantitative estimate of drug-likeness (QED) is 0.709. The molecule has 150 valence electrons. The monoisotopic (exact) mass is 464 g/mol. The lowest BCUT2D eigenvalue weighted by atomic mass is 9.90. The zero-order chi connectivity index (χ0) is 20.1. The summed E-state index contributed by atoms with van der Waals surface area (Å²) in [6.07, 6.45) is 2.90. The SMILES string of the molecule is CC(NS(=O)(=O)c1ccc(Br)cc1)C(=O)N1CCC(Cc2ccccc2)CC1. The molecular weight excluding hydrogens is 440 g/mol. The third-order valence-electron chi connectivity index (χ3n) is 5.12. The number of nitrogens with zero attached hydrogens (tertiary/aromatic N) is 1. The van der Waals surface area contributed by atoms with Gasteiger partial charge in [0.2, 0.25) is 15.9 Å². The summed E-state index contributed by atoms with van der Waals surface area (Å²) in [4.78, 5) is 14.6. The molecule has 1 N–H and O–H groups in total. The Hall–Kier alpha value is -1.70. The first-order valence-corrected chi connectivity index (χ1v) is 11.7. The summed E-state index contributed by atoms with van der Waals surface area (Å²) in [5.41, 5.74) is 1.32. The molecule has 1 atom stereocenters. The van der Waals surface area contributed by atoms with Crippen molar-refractivity contribution in [2.24, 2.45) is 5.92 Å². The van der Waals surface area contributed by atoms with Gasteiger partial charge in [-0.05, 0) is 61.9 Å². The maximum atomic E-state index is 12.7. The van der Waals surface area contributed by atoms with Crippen molar-refractivity contribution < 1.29 is 13.2 Å².